The molecule has 1 aromatic rings. The van der Waals surface area contributed by atoms with Crippen molar-refractivity contribution in [2.75, 3.05) is 7.11 Å². The Labute approximate surface area is 153 Å². The fourth-order valence-corrected chi connectivity index (χ4v) is 2.55. The number of carbonyl (C=O) groups is 1. The zero-order valence-electron chi connectivity index (χ0n) is 14.4. The largest absolute Gasteiger partial charge is 0.496 e. The van der Waals surface area contributed by atoms with Gasteiger partial charge in [-0.25, -0.2) is 0 Å². The summed E-state index contributed by atoms with van der Waals surface area (Å²) in [5.41, 5.74) is 4.06. The maximum absolute atomic E-state index is 10.6. The number of ether oxygens (including phenoxy) is 1. The summed E-state index contributed by atoms with van der Waals surface area (Å²) in [4.78, 5) is 10.6. The molecule has 0 fully saturated rings. The summed E-state index contributed by atoms with van der Waals surface area (Å²) < 4.78 is 6.16. The lowest BCUT2D eigenvalue weighted by Gasteiger charge is -2.02. The van der Waals surface area contributed by atoms with Crippen molar-refractivity contribution < 1.29 is 9.53 Å². The lowest BCUT2D eigenvalue weighted by molar-refractivity contribution is -0.105. The van der Waals surface area contributed by atoms with E-state index in [1.807, 2.05) is 56.4 Å². The number of aldehydes is 1. The minimum absolute atomic E-state index is 0.615. The molecule has 1 aliphatic carbocycles. The van der Waals surface area contributed by atoms with Crippen molar-refractivity contribution in [3.8, 4) is 0 Å². The van der Waals surface area contributed by atoms with Crippen LogP contribution in [0.25, 0.3) is 10.6 Å². The summed E-state index contributed by atoms with van der Waals surface area (Å²) in [7, 11) is 1.57. The second-order valence-electron chi connectivity index (χ2n) is 5.10. The van der Waals surface area contributed by atoms with Crippen LogP contribution in [-0.2, 0) is 9.53 Å². The second-order valence-corrected chi connectivity index (χ2v) is 5.96. The maximum Gasteiger partial charge on any atom is 0.153 e. The maximum atomic E-state index is 10.6. The molecule has 0 spiro atoms. The van der Waals surface area contributed by atoms with Gasteiger partial charge in [-0.05, 0) is 43.5 Å². The van der Waals surface area contributed by atoms with Gasteiger partial charge in [-0.3, -0.25) is 4.79 Å². The van der Waals surface area contributed by atoms with Crippen LogP contribution in [-0.4, -0.2) is 13.4 Å². The van der Waals surface area contributed by atoms with Gasteiger partial charge in [0.25, 0.3) is 0 Å². The van der Waals surface area contributed by atoms with Crippen LogP contribution in [0.3, 0.4) is 0 Å². The molecular weight excluding hydrogens is 364 g/mol. The number of methoxy groups -OCH3 is 1. The summed E-state index contributed by atoms with van der Waals surface area (Å²) in [6.45, 7) is 7.73. The Morgan fingerprint density at radius 3 is 2.58 bits per heavy atom. The fourth-order valence-electron chi connectivity index (χ4n) is 2.19. The normalized spacial score (nSPS) is 14.2. The van der Waals surface area contributed by atoms with Crippen LogP contribution in [0.2, 0.25) is 0 Å². The molecule has 126 valence electrons. The number of rotatable bonds is 4. The number of allylic oxidation sites excluding steroid dienone is 6. The first kappa shape index (κ1) is 19.9. The molecule has 0 unspecified atom stereocenters. The Morgan fingerprint density at radius 2 is 2.00 bits per heavy atom. The smallest absolute Gasteiger partial charge is 0.153 e. The van der Waals surface area contributed by atoms with E-state index in [4.69, 9.17) is 4.74 Å². The molecule has 0 aliphatic heterocycles. The topological polar surface area (TPSA) is 26.3 Å². The van der Waals surface area contributed by atoms with Gasteiger partial charge in [0.1, 0.15) is 5.76 Å². The molecule has 0 bridgehead atoms. The van der Waals surface area contributed by atoms with Crippen molar-refractivity contribution in [3.63, 3.8) is 0 Å². The molecule has 3 heteroatoms. The minimum atomic E-state index is 0.615. The monoisotopic (exact) mass is 386 g/mol. The van der Waals surface area contributed by atoms with Crippen molar-refractivity contribution in [2.24, 2.45) is 0 Å². The van der Waals surface area contributed by atoms with Crippen LogP contribution >= 0.6 is 15.9 Å². The van der Waals surface area contributed by atoms with Gasteiger partial charge in [-0.1, -0.05) is 70.6 Å². The minimum Gasteiger partial charge on any atom is -0.496 e. The number of hydrogen-bond acceptors (Lipinski definition) is 2. The molecule has 0 heterocycles. The first-order chi connectivity index (χ1) is 11.6. The summed E-state index contributed by atoms with van der Waals surface area (Å²) in [6, 6.07) is 8.15. The van der Waals surface area contributed by atoms with E-state index >= 15 is 0 Å². The van der Waals surface area contributed by atoms with Crippen LogP contribution in [0.5, 0.6) is 0 Å². The van der Waals surface area contributed by atoms with Crippen LogP contribution in [0, 0.1) is 0 Å². The van der Waals surface area contributed by atoms with Gasteiger partial charge in [-0.2, -0.15) is 0 Å². The third-order valence-corrected chi connectivity index (χ3v) is 4.33. The third kappa shape index (κ3) is 5.82. The standard InChI is InChI=1S/C11H11Br.C10H12O2/c1-3-9-7-5-6-8-10(9)11(12)4-2;1-8-4-3-5-10(12-2)9(6-8)7-11/h3-8H,1H2,2H3;4-7H,3H2,1-2H3/b11-4+;. The molecule has 0 radical (unpaired) electrons. The Balaban J connectivity index is 0.000000240. The number of hydrogen-bond donors (Lipinski definition) is 0. The van der Waals surface area contributed by atoms with Gasteiger partial charge in [0, 0.05) is 4.48 Å². The second kappa shape index (κ2) is 10.6. The average Bonchev–Trinajstić information content (AvgIpc) is 2.81. The van der Waals surface area contributed by atoms with Crippen molar-refractivity contribution in [2.45, 2.75) is 20.3 Å². The van der Waals surface area contributed by atoms with Crippen LogP contribution in [0.1, 0.15) is 31.4 Å². The lowest BCUT2D eigenvalue weighted by atomic mass is 10.1. The van der Waals surface area contributed by atoms with Crippen molar-refractivity contribution >= 4 is 32.8 Å². The Kier molecular flexibility index (Phi) is 8.80. The van der Waals surface area contributed by atoms with E-state index in [-0.39, 0.29) is 0 Å². The zero-order chi connectivity index (χ0) is 17.9. The van der Waals surface area contributed by atoms with Gasteiger partial charge < -0.3 is 4.74 Å². The van der Waals surface area contributed by atoms with Gasteiger partial charge in [-0.15, -0.1) is 0 Å². The molecule has 0 aromatic heterocycles. The molecule has 2 rings (SSSR count). The molecule has 2 nitrogen and oxygen atoms in total. The third-order valence-electron chi connectivity index (χ3n) is 3.45. The zero-order valence-corrected chi connectivity index (χ0v) is 16.0. The summed E-state index contributed by atoms with van der Waals surface area (Å²) in [5, 5.41) is 0. The fraction of sp³-hybridized carbons (Fsp3) is 0.190. The van der Waals surface area contributed by atoms with Gasteiger partial charge in [0.2, 0.25) is 0 Å². The summed E-state index contributed by atoms with van der Waals surface area (Å²) in [6.07, 6.45) is 11.3. The van der Waals surface area contributed by atoms with E-state index in [1.54, 1.807) is 7.11 Å². The number of benzene rings is 1. The highest BCUT2D eigenvalue weighted by atomic mass is 79.9. The molecular formula is C21H23BrO2. The quantitative estimate of drug-likeness (QED) is 0.586. The van der Waals surface area contributed by atoms with Crippen molar-refractivity contribution in [1.29, 1.82) is 0 Å². The average molecular weight is 387 g/mol. The molecule has 1 aliphatic rings. The van der Waals surface area contributed by atoms with E-state index in [0.717, 1.165) is 28.3 Å². The van der Waals surface area contributed by atoms with E-state index < -0.39 is 0 Å². The van der Waals surface area contributed by atoms with Crippen molar-refractivity contribution in [1.82, 2.24) is 0 Å². The Hall–Kier alpha value is -2.13. The molecule has 0 atom stereocenters. The van der Waals surface area contributed by atoms with Crippen LogP contribution in [0.4, 0.5) is 0 Å². The molecule has 0 amide bonds. The number of halogens is 1. The van der Waals surface area contributed by atoms with E-state index in [0.29, 0.717) is 11.3 Å². The first-order valence-electron chi connectivity index (χ1n) is 7.69. The van der Waals surface area contributed by atoms with Gasteiger partial charge in [0.15, 0.2) is 6.29 Å². The molecule has 0 saturated carbocycles. The van der Waals surface area contributed by atoms with Crippen LogP contribution < -0.4 is 0 Å². The molecule has 24 heavy (non-hydrogen) atoms. The highest BCUT2D eigenvalue weighted by Gasteiger charge is 2.05. The van der Waals surface area contributed by atoms with Gasteiger partial charge in [0.05, 0.1) is 12.7 Å². The number of carbonyl (C=O) groups excluding carboxylic acids is 1. The summed E-state index contributed by atoms with van der Waals surface area (Å²) in [5.74, 6) is 0.665. The SMILES string of the molecule is C=Cc1ccccc1/C(Br)=C\C.COC1=CCC=C(C)C=C1C=O. The Bertz CT molecular complexity index is 706. The first-order valence-corrected chi connectivity index (χ1v) is 8.48. The van der Waals surface area contributed by atoms with E-state index in [1.165, 1.54) is 5.56 Å². The highest BCUT2D eigenvalue weighted by Crippen LogP contribution is 2.24. The predicted octanol–water partition coefficient (Wildman–Crippen LogP) is 6.08. The van der Waals surface area contributed by atoms with Gasteiger partial charge >= 0.3 is 0 Å². The Morgan fingerprint density at radius 1 is 1.29 bits per heavy atom. The molecule has 1 aromatic carbocycles. The van der Waals surface area contributed by atoms with Crippen molar-refractivity contribution in [3.05, 3.63) is 83.2 Å². The van der Waals surface area contributed by atoms with E-state index in [2.05, 4.69) is 34.7 Å². The molecule has 0 N–H and O–H groups in total. The molecule has 0 saturated heterocycles. The predicted molar refractivity (Wildman–Crippen MR) is 107 cm³/mol. The summed E-state index contributed by atoms with van der Waals surface area (Å²) >= 11 is 3.49. The van der Waals surface area contributed by atoms with Crippen LogP contribution in [0.15, 0.2) is 72.1 Å². The van der Waals surface area contributed by atoms with E-state index in [9.17, 15) is 4.79 Å². The lowest BCUT2D eigenvalue weighted by Crippen LogP contribution is -1.93. The highest BCUT2D eigenvalue weighted by molar-refractivity contribution is 9.15.